The molecule has 0 spiro atoms. The standard InChI is InChI=1S/C22H29N7O5/c1-4-6-12-28-17(23)16(18(31)24-20(28)33)27(3)13-15(30)26-29-19(32)22(5-2,25-21(29)34)14-10-8-7-9-11-14/h7-11H,4-6,12-13,23H2,1-3H3,(H,25,34)(H,26,30)(H,24,31,33). The number of nitrogen functional groups attached to an aromatic ring is 1. The van der Waals surface area contributed by atoms with Gasteiger partial charge < -0.3 is 16.0 Å². The molecule has 1 saturated heterocycles. The van der Waals surface area contributed by atoms with Gasteiger partial charge in [0.1, 0.15) is 17.0 Å². The molecule has 3 rings (SSSR count). The fraction of sp³-hybridized carbons (Fsp3) is 0.409. The molecule has 0 aliphatic carbocycles. The minimum Gasteiger partial charge on any atom is -0.383 e. The van der Waals surface area contributed by atoms with Gasteiger partial charge >= 0.3 is 11.7 Å². The van der Waals surface area contributed by atoms with Crippen LogP contribution in [0.3, 0.4) is 0 Å². The molecule has 1 aliphatic rings. The number of anilines is 2. The Morgan fingerprint density at radius 3 is 2.44 bits per heavy atom. The van der Waals surface area contributed by atoms with E-state index in [2.05, 4.69) is 15.7 Å². The summed E-state index contributed by atoms with van der Waals surface area (Å²) in [5.74, 6) is -1.41. The molecule has 1 atom stereocenters. The normalized spacial score (nSPS) is 17.6. The molecular formula is C22H29N7O5. The molecular weight excluding hydrogens is 442 g/mol. The number of imide groups is 1. The number of urea groups is 1. The second-order valence-electron chi connectivity index (χ2n) is 8.08. The van der Waals surface area contributed by atoms with E-state index in [4.69, 9.17) is 5.73 Å². The zero-order chi connectivity index (χ0) is 25.0. The molecule has 5 N–H and O–H groups in total. The van der Waals surface area contributed by atoms with E-state index in [1.54, 1.807) is 37.3 Å². The number of aromatic nitrogens is 2. The molecule has 12 nitrogen and oxygen atoms in total. The van der Waals surface area contributed by atoms with E-state index in [1.807, 2.05) is 6.92 Å². The number of benzene rings is 1. The van der Waals surface area contributed by atoms with Crippen molar-refractivity contribution in [2.24, 2.45) is 0 Å². The number of unbranched alkanes of at least 4 members (excludes halogenated alkanes) is 1. The lowest BCUT2D eigenvalue weighted by atomic mass is 9.87. The van der Waals surface area contributed by atoms with Gasteiger partial charge in [-0.15, -0.1) is 0 Å². The van der Waals surface area contributed by atoms with E-state index in [9.17, 15) is 24.0 Å². The van der Waals surface area contributed by atoms with Crippen LogP contribution in [-0.2, 0) is 21.7 Å². The maximum atomic E-state index is 13.2. The summed E-state index contributed by atoms with van der Waals surface area (Å²) in [4.78, 5) is 66.4. The van der Waals surface area contributed by atoms with E-state index < -0.39 is 41.2 Å². The van der Waals surface area contributed by atoms with Crippen LogP contribution in [0.25, 0.3) is 0 Å². The quantitative estimate of drug-likeness (QED) is 0.381. The Kier molecular flexibility index (Phi) is 7.08. The van der Waals surface area contributed by atoms with Gasteiger partial charge in [-0.2, -0.15) is 5.01 Å². The first kappa shape index (κ1) is 24.6. The van der Waals surface area contributed by atoms with E-state index >= 15 is 0 Å². The van der Waals surface area contributed by atoms with E-state index in [1.165, 1.54) is 16.5 Å². The second-order valence-corrected chi connectivity index (χ2v) is 8.08. The maximum absolute atomic E-state index is 13.2. The van der Waals surface area contributed by atoms with Crippen LogP contribution in [0, 0.1) is 0 Å². The van der Waals surface area contributed by atoms with E-state index in [0.717, 1.165) is 6.42 Å². The first-order valence-corrected chi connectivity index (χ1v) is 11.0. The molecule has 1 fully saturated rings. The van der Waals surface area contributed by atoms with Crippen molar-refractivity contribution in [1.29, 1.82) is 0 Å². The lowest BCUT2D eigenvalue weighted by molar-refractivity contribution is -0.139. The van der Waals surface area contributed by atoms with Crippen LogP contribution < -0.4 is 32.6 Å². The number of H-pyrrole nitrogens is 1. The number of hydrazine groups is 1. The molecule has 182 valence electrons. The SMILES string of the molecule is CCCCn1c(N)c(N(C)CC(=O)NN2C(=O)NC(CC)(c3ccccc3)C2=O)c(=O)[nH]c1=O. The lowest BCUT2D eigenvalue weighted by Gasteiger charge is -2.26. The Labute approximate surface area is 195 Å². The molecule has 2 aromatic rings. The molecule has 1 aromatic heterocycles. The van der Waals surface area contributed by atoms with Crippen LogP contribution in [0.2, 0.25) is 0 Å². The highest BCUT2D eigenvalue weighted by atomic mass is 16.2. The van der Waals surface area contributed by atoms with Crippen molar-refractivity contribution in [3.05, 3.63) is 56.7 Å². The summed E-state index contributed by atoms with van der Waals surface area (Å²) in [7, 11) is 1.45. The van der Waals surface area contributed by atoms with Gasteiger partial charge in [-0.05, 0) is 18.4 Å². The molecule has 0 saturated carbocycles. The predicted octanol–water partition coefficient (Wildman–Crippen LogP) is 0.244. The molecule has 4 amide bonds. The number of amides is 4. The molecule has 12 heteroatoms. The van der Waals surface area contributed by atoms with Crippen molar-refractivity contribution in [2.75, 3.05) is 24.2 Å². The topological polar surface area (TPSA) is 163 Å². The molecule has 0 bridgehead atoms. The summed E-state index contributed by atoms with van der Waals surface area (Å²) < 4.78 is 1.24. The fourth-order valence-corrected chi connectivity index (χ4v) is 3.98. The zero-order valence-corrected chi connectivity index (χ0v) is 19.4. The van der Waals surface area contributed by atoms with Gasteiger partial charge in [-0.25, -0.2) is 9.59 Å². The zero-order valence-electron chi connectivity index (χ0n) is 19.4. The smallest absolute Gasteiger partial charge is 0.344 e. The average Bonchev–Trinajstić information content (AvgIpc) is 3.04. The van der Waals surface area contributed by atoms with Crippen molar-refractivity contribution in [2.45, 2.75) is 45.2 Å². The number of carbonyl (C=O) groups is 3. The number of nitrogens with two attached hydrogens (primary N) is 1. The van der Waals surface area contributed by atoms with Gasteiger partial charge in [0.15, 0.2) is 0 Å². The Bertz CT molecular complexity index is 1210. The minimum atomic E-state index is -1.30. The van der Waals surface area contributed by atoms with Gasteiger partial charge in [0, 0.05) is 13.6 Å². The molecule has 1 aliphatic heterocycles. The van der Waals surface area contributed by atoms with Crippen molar-refractivity contribution in [3.8, 4) is 0 Å². The van der Waals surface area contributed by atoms with Crippen LogP contribution in [0.15, 0.2) is 39.9 Å². The Hall–Kier alpha value is -4.09. The summed E-state index contributed by atoms with van der Waals surface area (Å²) >= 11 is 0. The van der Waals surface area contributed by atoms with Crippen LogP contribution >= 0.6 is 0 Å². The average molecular weight is 472 g/mol. The van der Waals surface area contributed by atoms with E-state index in [0.29, 0.717) is 23.5 Å². The maximum Gasteiger partial charge on any atom is 0.344 e. The number of hydrogen-bond acceptors (Lipinski definition) is 7. The lowest BCUT2D eigenvalue weighted by Crippen LogP contribution is -2.51. The first-order chi connectivity index (χ1) is 16.2. The monoisotopic (exact) mass is 471 g/mol. The number of hydrogen-bond donors (Lipinski definition) is 4. The third-order valence-electron chi connectivity index (χ3n) is 5.84. The summed E-state index contributed by atoms with van der Waals surface area (Å²) in [6.07, 6.45) is 1.76. The van der Waals surface area contributed by atoms with Gasteiger partial charge in [-0.1, -0.05) is 50.6 Å². The molecule has 1 aromatic carbocycles. The Morgan fingerprint density at radius 1 is 1.15 bits per heavy atom. The second kappa shape index (κ2) is 9.81. The van der Waals surface area contributed by atoms with Gasteiger partial charge in [0.2, 0.25) is 0 Å². The highest BCUT2D eigenvalue weighted by Crippen LogP contribution is 2.31. The van der Waals surface area contributed by atoms with Crippen LogP contribution in [0.5, 0.6) is 0 Å². The van der Waals surface area contributed by atoms with Gasteiger partial charge in [0.25, 0.3) is 17.4 Å². The number of nitrogens with zero attached hydrogens (tertiary/aromatic N) is 3. The number of aromatic amines is 1. The number of nitrogens with one attached hydrogen (secondary N) is 3. The predicted molar refractivity (Wildman–Crippen MR) is 126 cm³/mol. The van der Waals surface area contributed by atoms with Crippen molar-refractivity contribution < 1.29 is 14.4 Å². The van der Waals surface area contributed by atoms with Gasteiger partial charge in [0.05, 0.1) is 6.54 Å². The summed E-state index contributed by atoms with van der Waals surface area (Å²) in [6, 6.07) is 7.99. The van der Waals surface area contributed by atoms with Crippen molar-refractivity contribution in [3.63, 3.8) is 0 Å². The van der Waals surface area contributed by atoms with Crippen LogP contribution in [0.4, 0.5) is 16.3 Å². The largest absolute Gasteiger partial charge is 0.383 e. The molecule has 34 heavy (non-hydrogen) atoms. The van der Waals surface area contributed by atoms with Gasteiger partial charge in [-0.3, -0.25) is 29.4 Å². The molecule has 0 radical (unpaired) electrons. The Morgan fingerprint density at radius 2 is 1.82 bits per heavy atom. The minimum absolute atomic E-state index is 0.0600. The van der Waals surface area contributed by atoms with Crippen molar-refractivity contribution in [1.82, 2.24) is 25.3 Å². The number of likely N-dealkylation sites (N-methyl/N-ethyl adjacent to an activating group) is 1. The molecule has 1 unspecified atom stereocenters. The molecule has 2 heterocycles. The summed E-state index contributed by atoms with van der Waals surface area (Å²) in [6.45, 7) is 3.62. The first-order valence-electron chi connectivity index (χ1n) is 11.0. The number of rotatable bonds is 9. The third-order valence-corrected chi connectivity index (χ3v) is 5.84. The third kappa shape index (κ3) is 4.38. The highest BCUT2D eigenvalue weighted by molar-refractivity contribution is 6.08. The van der Waals surface area contributed by atoms with Crippen molar-refractivity contribution >= 4 is 29.4 Å². The number of carbonyl (C=O) groups excluding carboxylic acids is 3. The summed E-state index contributed by atoms with van der Waals surface area (Å²) in [5.41, 5.74) is 6.24. The Balaban J connectivity index is 1.79. The van der Waals surface area contributed by atoms with Crippen LogP contribution in [0.1, 0.15) is 38.7 Å². The summed E-state index contributed by atoms with van der Waals surface area (Å²) in [5, 5.41) is 3.31. The van der Waals surface area contributed by atoms with E-state index in [-0.39, 0.29) is 17.9 Å². The van der Waals surface area contributed by atoms with Crippen LogP contribution in [-0.4, -0.2) is 46.0 Å². The highest BCUT2D eigenvalue weighted by Gasteiger charge is 2.52. The fourth-order valence-electron chi connectivity index (χ4n) is 3.98.